The van der Waals surface area contributed by atoms with Gasteiger partial charge in [0.1, 0.15) is 11.3 Å². The van der Waals surface area contributed by atoms with Gasteiger partial charge in [0, 0.05) is 56.4 Å². The fourth-order valence-electron chi connectivity index (χ4n) is 3.85. The Balaban J connectivity index is 1.20. The molecule has 1 saturated heterocycles. The van der Waals surface area contributed by atoms with Crippen LogP contribution in [0.4, 0.5) is 5.69 Å². The number of anilines is 1. The van der Waals surface area contributed by atoms with Crippen molar-refractivity contribution in [3.05, 3.63) is 58.3 Å². The highest BCUT2D eigenvalue weighted by Gasteiger charge is 2.17. The summed E-state index contributed by atoms with van der Waals surface area (Å²) in [6.45, 7) is 7.23. The maximum atomic E-state index is 12.4. The molecule has 0 spiro atoms. The molecule has 1 aliphatic heterocycles. The molecule has 0 atom stereocenters. The van der Waals surface area contributed by atoms with Crippen LogP contribution in [0, 0.1) is 6.92 Å². The molecule has 0 saturated carbocycles. The summed E-state index contributed by atoms with van der Waals surface area (Å²) in [5.74, 6) is 0.611. The van der Waals surface area contributed by atoms with Gasteiger partial charge >= 0.3 is 0 Å². The molecule has 9 nitrogen and oxygen atoms in total. The van der Waals surface area contributed by atoms with E-state index in [-0.39, 0.29) is 17.2 Å². The Morgan fingerprint density at radius 1 is 1.19 bits per heavy atom. The molecule has 1 fully saturated rings. The number of aromatic nitrogens is 3. The van der Waals surface area contributed by atoms with Gasteiger partial charge in [-0.15, -0.1) is 0 Å². The van der Waals surface area contributed by atoms with E-state index in [0.29, 0.717) is 17.8 Å². The number of carbonyl (C=O) groups is 1. The highest BCUT2D eigenvalue weighted by atomic mass is 16.5. The van der Waals surface area contributed by atoms with Gasteiger partial charge in [0.05, 0.1) is 7.11 Å². The molecular weight excluding hydrogens is 396 g/mol. The fraction of sp³-hybridized carbons (Fsp3) is 0.409. The average Bonchev–Trinajstić information content (AvgIpc) is 3.22. The first-order valence-electron chi connectivity index (χ1n) is 10.5. The van der Waals surface area contributed by atoms with Crippen molar-refractivity contribution < 1.29 is 9.53 Å². The number of aryl methyl sites for hydroxylation is 1. The summed E-state index contributed by atoms with van der Waals surface area (Å²) in [5, 5.41) is 7.11. The van der Waals surface area contributed by atoms with Crippen LogP contribution >= 0.6 is 0 Å². The Morgan fingerprint density at radius 3 is 2.65 bits per heavy atom. The van der Waals surface area contributed by atoms with Crippen LogP contribution < -0.4 is 20.5 Å². The maximum Gasteiger partial charge on any atom is 0.274 e. The summed E-state index contributed by atoms with van der Waals surface area (Å²) in [6, 6.07) is 9.69. The minimum absolute atomic E-state index is 0.250. The highest BCUT2D eigenvalue weighted by molar-refractivity contribution is 5.93. The van der Waals surface area contributed by atoms with Crippen molar-refractivity contribution in [1.82, 2.24) is 24.8 Å². The third-order valence-electron chi connectivity index (χ3n) is 5.57. The standard InChI is InChI=1S/C22H28N6O3/c1-16-15-28-20(22(30)24-16)14-19(25-28)21(29)23-8-3-9-26-10-12-27(13-11-26)17-4-6-18(31-2)7-5-17/h4-7,14-15H,3,8-13H2,1-2H3,(H,23,29)(H,24,30). The van der Waals surface area contributed by atoms with Crippen molar-refractivity contribution in [1.29, 1.82) is 0 Å². The maximum absolute atomic E-state index is 12.4. The molecule has 3 aromatic rings. The van der Waals surface area contributed by atoms with E-state index >= 15 is 0 Å². The second kappa shape index (κ2) is 9.22. The Bertz CT molecular complexity index is 1100. The first-order chi connectivity index (χ1) is 15.0. The molecule has 9 heteroatoms. The van der Waals surface area contributed by atoms with Gasteiger partial charge in [-0.1, -0.05) is 0 Å². The Labute approximate surface area is 180 Å². The smallest absolute Gasteiger partial charge is 0.274 e. The normalized spacial score (nSPS) is 14.7. The van der Waals surface area contributed by atoms with E-state index in [1.54, 1.807) is 20.2 Å². The summed E-state index contributed by atoms with van der Waals surface area (Å²) < 4.78 is 6.67. The predicted molar refractivity (Wildman–Crippen MR) is 119 cm³/mol. The SMILES string of the molecule is COc1ccc(N2CCN(CCCNC(=O)c3cc4c(=O)[nH]c(C)cn4n3)CC2)cc1. The molecule has 0 bridgehead atoms. The lowest BCUT2D eigenvalue weighted by molar-refractivity contribution is 0.0946. The van der Waals surface area contributed by atoms with Gasteiger partial charge in [0.25, 0.3) is 11.5 Å². The van der Waals surface area contributed by atoms with Crippen molar-refractivity contribution in [2.24, 2.45) is 0 Å². The van der Waals surface area contributed by atoms with Gasteiger partial charge in [-0.05, 0) is 44.2 Å². The summed E-state index contributed by atoms with van der Waals surface area (Å²) in [4.78, 5) is 31.8. The molecule has 0 radical (unpaired) electrons. The van der Waals surface area contributed by atoms with E-state index in [1.165, 1.54) is 16.3 Å². The van der Waals surface area contributed by atoms with E-state index in [4.69, 9.17) is 4.74 Å². The number of H-pyrrole nitrogens is 1. The van der Waals surface area contributed by atoms with Crippen LogP contribution in [0.1, 0.15) is 22.6 Å². The number of hydrogen-bond acceptors (Lipinski definition) is 6. The van der Waals surface area contributed by atoms with Crippen LogP contribution in [-0.4, -0.2) is 71.8 Å². The summed E-state index contributed by atoms with van der Waals surface area (Å²) in [5.41, 5.74) is 2.28. The molecule has 2 N–H and O–H groups in total. The lowest BCUT2D eigenvalue weighted by atomic mass is 10.2. The zero-order chi connectivity index (χ0) is 21.8. The molecule has 4 rings (SSSR count). The molecule has 2 aromatic heterocycles. The predicted octanol–water partition coefficient (Wildman–Crippen LogP) is 1.28. The van der Waals surface area contributed by atoms with Crippen LogP contribution in [0.25, 0.3) is 5.52 Å². The minimum Gasteiger partial charge on any atom is -0.497 e. The minimum atomic E-state index is -0.259. The first kappa shape index (κ1) is 20.9. The number of fused-ring (bicyclic) bond motifs is 1. The lowest BCUT2D eigenvalue weighted by Crippen LogP contribution is -2.47. The van der Waals surface area contributed by atoms with Gasteiger partial charge in [-0.2, -0.15) is 5.10 Å². The highest BCUT2D eigenvalue weighted by Crippen LogP contribution is 2.20. The second-order valence-corrected chi connectivity index (χ2v) is 7.76. The Kier molecular flexibility index (Phi) is 6.22. The zero-order valence-corrected chi connectivity index (χ0v) is 17.9. The molecule has 1 amide bonds. The molecule has 3 heterocycles. The second-order valence-electron chi connectivity index (χ2n) is 7.76. The monoisotopic (exact) mass is 424 g/mol. The van der Waals surface area contributed by atoms with E-state index in [1.807, 2.05) is 12.1 Å². The number of hydrogen-bond donors (Lipinski definition) is 2. The quantitative estimate of drug-likeness (QED) is 0.555. The van der Waals surface area contributed by atoms with Gasteiger partial charge in [-0.25, -0.2) is 4.52 Å². The first-order valence-corrected chi connectivity index (χ1v) is 10.5. The number of rotatable bonds is 7. The third kappa shape index (κ3) is 4.88. The molecule has 0 aliphatic carbocycles. The van der Waals surface area contributed by atoms with Crippen LogP contribution in [0.15, 0.2) is 41.3 Å². The number of benzene rings is 1. The van der Waals surface area contributed by atoms with E-state index < -0.39 is 0 Å². The molecule has 31 heavy (non-hydrogen) atoms. The third-order valence-corrected chi connectivity index (χ3v) is 5.57. The van der Waals surface area contributed by atoms with Gasteiger partial charge in [0.15, 0.2) is 5.69 Å². The van der Waals surface area contributed by atoms with Gasteiger partial charge in [-0.3, -0.25) is 14.5 Å². The number of piperazine rings is 1. The van der Waals surface area contributed by atoms with Crippen molar-refractivity contribution in [2.75, 3.05) is 51.3 Å². The van der Waals surface area contributed by atoms with E-state index in [9.17, 15) is 9.59 Å². The fourth-order valence-corrected chi connectivity index (χ4v) is 3.85. The van der Waals surface area contributed by atoms with Crippen molar-refractivity contribution in [2.45, 2.75) is 13.3 Å². The van der Waals surface area contributed by atoms with Crippen molar-refractivity contribution in [3.63, 3.8) is 0 Å². The molecule has 1 aliphatic rings. The van der Waals surface area contributed by atoms with Crippen molar-refractivity contribution >= 4 is 17.1 Å². The number of amides is 1. The van der Waals surface area contributed by atoms with E-state index in [2.05, 4.69) is 37.3 Å². The molecule has 164 valence electrons. The topological polar surface area (TPSA) is 95.0 Å². The number of nitrogens with one attached hydrogen (secondary N) is 2. The number of nitrogens with zero attached hydrogens (tertiary/aromatic N) is 4. The Morgan fingerprint density at radius 2 is 1.94 bits per heavy atom. The average molecular weight is 425 g/mol. The number of ether oxygens (including phenoxy) is 1. The number of carbonyl (C=O) groups excluding carboxylic acids is 1. The van der Waals surface area contributed by atoms with Crippen LogP contribution in [0.5, 0.6) is 5.75 Å². The van der Waals surface area contributed by atoms with Crippen molar-refractivity contribution in [3.8, 4) is 5.75 Å². The number of methoxy groups -OCH3 is 1. The zero-order valence-electron chi connectivity index (χ0n) is 17.9. The molecule has 1 aromatic carbocycles. The molecular formula is C22H28N6O3. The van der Waals surface area contributed by atoms with Crippen LogP contribution in [0.3, 0.4) is 0 Å². The Hall–Kier alpha value is -3.33. The molecule has 0 unspecified atom stereocenters. The summed E-state index contributed by atoms with van der Waals surface area (Å²) in [6.07, 6.45) is 2.56. The van der Waals surface area contributed by atoms with Gasteiger partial charge < -0.3 is 19.9 Å². The largest absolute Gasteiger partial charge is 0.497 e. The number of aromatic amines is 1. The summed E-state index contributed by atoms with van der Waals surface area (Å²) >= 11 is 0. The van der Waals surface area contributed by atoms with Gasteiger partial charge in [0.2, 0.25) is 0 Å². The van der Waals surface area contributed by atoms with E-state index in [0.717, 1.165) is 44.9 Å². The van der Waals surface area contributed by atoms with Crippen LogP contribution in [0.2, 0.25) is 0 Å². The summed E-state index contributed by atoms with van der Waals surface area (Å²) in [7, 11) is 1.68. The van der Waals surface area contributed by atoms with Crippen LogP contribution in [-0.2, 0) is 0 Å². The lowest BCUT2D eigenvalue weighted by Gasteiger charge is -2.36.